The van der Waals surface area contributed by atoms with Crippen LogP contribution >= 0.6 is 0 Å². The van der Waals surface area contributed by atoms with Gasteiger partial charge in [0.1, 0.15) is 6.04 Å². The summed E-state index contributed by atoms with van der Waals surface area (Å²) < 4.78 is 5.82. The first-order valence-electron chi connectivity index (χ1n) is 12.2. The van der Waals surface area contributed by atoms with E-state index in [2.05, 4.69) is 5.32 Å². The van der Waals surface area contributed by atoms with Gasteiger partial charge in [-0.25, -0.2) is 0 Å². The maximum atomic E-state index is 13.5. The molecule has 3 amide bonds. The van der Waals surface area contributed by atoms with Crippen LogP contribution in [-0.2, 0) is 19.1 Å². The molecule has 4 aliphatic rings. The molecular weight excluding hydrogens is 396 g/mol. The summed E-state index contributed by atoms with van der Waals surface area (Å²) in [6.45, 7) is 8.70. The predicted octanol–water partition coefficient (Wildman–Crippen LogP) is 0.851. The number of amides is 3. The van der Waals surface area contributed by atoms with Crippen LogP contribution < -0.4 is 5.32 Å². The predicted molar refractivity (Wildman–Crippen MR) is 116 cm³/mol. The molecule has 31 heavy (non-hydrogen) atoms. The Hall–Kier alpha value is -1.67. The fourth-order valence-electron chi connectivity index (χ4n) is 5.12. The molecule has 0 aromatic heterocycles. The fraction of sp³-hybridized carbons (Fsp3) is 0.870. The molecule has 4 rings (SSSR count). The highest BCUT2D eigenvalue weighted by Gasteiger charge is 2.48. The number of carbonyl (C=O) groups excluding carboxylic acids is 3. The first-order valence-corrected chi connectivity index (χ1v) is 12.2. The topological polar surface area (TPSA) is 82.2 Å². The molecule has 8 nitrogen and oxygen atoms in total. The molecule has 3 aliphatic heterocycles. The number of likely N-dealkylation sites (tertiary alicyclic amines) is 1. The van der Waals surface area contributed by atoms with E-state index in [1.54, 1.807) is 4.90 Å². The van der Waals surface area contributed by atoms with Crippen molar-refractivity contribution in [3.63, 3.8) is 0 Å². The summed E-state index contributed by atoms with van der Waals surface area (Å²) in [6.07, 6.45) is 5.33. The smallest absolute Gasteiger partial charge is 0.245 e. The van der Waals surface area contributed by atoms with E-state index in [1.165, 1.54) is 0 Å². The van der Waals surface area contributed by atoms with E-state index >= 15 is 0 Å². The van der Waals surface area contributed by atoms with E-state index in [9.17, 15) is 14.4 Å². The molecule has 1 N–H and O–H groups in total. The number of hydrogen-bond acceptors (Lipinski definition) is 5. The summed E-state index contributed by atoms with van der Waals surface area (Å²) in [7, 11) is 0. The molecule has 1 saturated carbocycles. The summed E-state index contributed by atoms with van der Waals surface area (Å²) in [5.41, 5.74) is 0. The Morgan fingerprint density at radius 2 is 1.87 bits per heavy atom. The van der Waals surface area contributed by atoms with Crippen LogP contribution in [0.3, 0.4) is 0 Å². The highest BCUT2D eigenvalue weighted by Crippen LogP contribution is 2.35. The van der Waals surface area contributed by atoms with Crippen molar-refractivity contribution in [2.45, 2.75) is 70.6 Å². The van der Waals surface area contributed by atoms with E-state index in [4.69, 9.17) is 4.74 Å². The second-order valence-corrected chi connectivity index (χ2v) is 9.88. The third-order valence-electron chi connectivity index (χ3n) is 7.07. The molecule has 3 unspecified atom stereocenters. The average molecular weight is 435 g/mol. The lowest BCUT2D eigenvalue weighted by Gasteiger charge is -2.32. The number of hydrogen-bond donors (Lipinski definition) is 1. The number of nitrogens with one attached hydrogen (secondary N) is 1. The van der Waals surface area contributed by atoms with Gasteiger partial charge in [-0.15, -0.1) is 0 Å². The number of nitrogens with zero attached hydrogens (tertiary/aromatic N) is 3. The van der Waals surface area contributed by atoms with Crippen LogP contribution in [0.1, 0.15) is 52.4 Å². The van der Waals surface area contributed by atoms with Gasteiger partial charge in [0.05, 0.1) is 12.1 Å². The molecule has 174 valence electrons. The second-order valence-electron chi connectivity index (χ2n) is 9.88. The van der Waals surface area contributed by atoms with Gasteiger partial charge in [0.2, 0.25) is 17.7 Å². The highest BCUT2D eigenvalue weighted by molar-refractivity contribution is 5.90. The third-order valence-corrected chi connectivity index (χ3v) is 7.07. The van der Waals surface area contributed by atoms with Gasteiger partial charge in [-0.2, -0.15) is 0 Å². The molecule has 0 spiro atoms. The molecule has 0 bridgehead atoms. The second kappa shape index (κ2) is 9.86. The molecule has 1 aliphatic carbocycles. The minimum Gasteiger partial charge on any atom is -0.376 e. The highest BCUT2D eigenvalue weighted by atomic mass is 16.5. The van der Waals surface area contributed by atoms with Crippen molar-refractivity contribution in [3.8, 4) is 0 Å². The van der Waals surface area contributed by atoms with Crippen LogP contribution in [-0.4, -0.2) is 96.5 Å². The van der Waals surface area contributed by atoms with Crippen LogP contribution in [0.5, 0.6) is 0 Å². The van der Waals surface area contributed by atoms with Crippen molar-refractivity contribution in [1.82, 2.24) is 20.0 Å². The molecule has 0 aromatic rings. The van der Waals surface area contributed by atoms with Crippen LogP contribution in [0.2, 0.25) is 0 Å². The summed E-state index contributed by atoms with van der Waals surface area (Å²) in [4.78, 5) is 45.4. The lowest BCUT2D eigenvalue weighted by molar-refractivity contribution is -0.144. The number of rotatable bonds is 6. The lowest BCUT2D eigenvalue weighted by atomic mass is 10.1. The van der Waals surface area contributed by atoms with Gasteiger partial charge >= 0.3 is 0 Å². The minimum absolute atomic E-state index is 0.0502. The SMILES string of the molecule is CC(C)C(=O)N(CC1CCCO1)C1CC(C(=O)N2CCCNCC2)N(C(=O)C2CC2)C1. The van der Waals surface area contributed by atoms with Crippen molar-refractivity contribution in [3.05, 3.63) is 0 Å². The monoisotopic (exact) mass is 434 g/mol. The maximum absolute atomic E-state index is 13.5. The van der Waals surface area contributed by atoms with Gasteiger partial charge in [-0.05, 0) is 45.1 Å². The summed E-state index contributed by atoms with van der Waals surface area (Å²) >= 11 is 0. The van der Waals surface area contributed by atoms with Crippen LogP contribution in [0.15, 0.2) is 0 Å². The molecule has 3 atom stereocenters. The van der Waals surface area contributed by atoms with E-state index < -0.39 is 6.04 Å². The Morgan fingerprint density at radius 1 is 1.06 bits per heavy atom. The van der Waals surface area contributed by atoms with E-state index in [0.717, 1.165) is 58.3 Å². The quantitative estimate of drug-likeness (QED) is 0.670. The van der Waals surface area contributed by atoms with Gasteiger partial charge in [-0.3, -0.25) is 14.4 Å². The molecular formula is C23H38N4O4. The number of ether oxygens (including phenoxy) is 1. The normalized spacial score (nSPS) is 29.3. The number of carbonyl (C=O) groups is 3. The molecule has 0 radical (unpaired) electrons. The van der Waals surface area contributed by atoms with Crippen molar-refractivity contribution in [2.24, 2.45) is 11.8 Å². The van der Waals surface area contributed by atoms with Gasteiger partial charge in [0, 0.05) is 51.2 Å². The van der Waals surface area contributed by atoms with Crippen LogP contribution in [0, 0.1) is 11.8 Å². The van der Waals surface area contributed by atoms with Crippen LogP contribution in [0.4, 0.5) is 0 Å². The largest absolute Gasteiger partial charge is 0.376 e. The summed E-state index contributed by atoms with van der Waals surface area (Å²) in [5, 5.41) is 3.34. The lowest BCUT2D eigenvalue weighted by Crippen LogP contribution is -2.49. The molecule has 4 fully saturated rings. The first kappa shape index (κ1) is 22.5. The Morgan fingerprint density at radius 3 is 2.55 bits per heavy atom. The minimum atomic E-state index is -0.455. The zero-order valence-electron chi connectivity index (χ0n) is 19.1. The Bertz CT molecular complexity index is 666. The van der Waals surface area contributed by atoms with Gasteiger partial charge in [0.25, 0.3) is 0 Å². The molecule has 3 saturated heterocycles. The van der Waals surface area contributed by atoms with Crippen molar-refractivity contribution >= 4 is 17.7 Å². The van der Waals surface area contributed by atoms with E-state index in [-0.39, 0.29) is 41.7 Å². The summed E-state index contributed by atoms with van der Waals surface area (Å²) in [6, 6.07) is -0.580. The van der Waals surface area contributed by atoms with Gasteiger partial charge in [-0.1, -0.05) is 13.8 Å². The maximum Gasteiger partial charge on any atom is 0.245 e. The summed E-state index contributed by atoms with van der Waals surface area (Å²) in [5.74, 6) is 0.177. The van der Waals surface area contributed by atoms with Crippen molar-refractivity contribution in [2.75, 3.05) is 45.9 Å². The molecule has 3 heterocycles. The van der Waals surface area contributed by atoms with Crippen LogP contribution in [0.25, 0.3) is 0 Å². The van der Waals surface area contributed by atoms with E-state index in [0.29, 0.717) is 26.1 Å². The zero-order chi connectivity index (χ0) is 22.0. The van der Waals surface area contributed by atoms with Crippen molar-refractivity contribution < 1.29 is 19.1 Å². The fourth-order valence-corrected chi connectivity index (χ4v) is 5.12. The first-order chi connectivity index (χ1) is 15.0. The Kier molecular flexibility index (Phi) is 7.16. The third kappa shape index (κ3) is 5.22. The van der Waals surface area contributed by atoms with Gasteiger partial charge < -0.3 is 24.8 Å². The zero-order valence-corrected chi connectivity index (χ0v) is 19.1. The van der Waals surface area contributed by atoms with E-state index in [1.807, 2.05) is 23.6 Å². The average Bonchev–Trinajstić information content (AvgIpc) is 3.41. The Labute approximate surface area is 185 Å². The standard InChI is InChI=1S/C23H38N4O4/c1-16(2)21(28)26(15-19-5-3-12-31-19)18-13-20(27(14-18)22(29)17-6-7-17)23(30)25-10-4-8-24-9-11-25/h16-20,24H,3-15H2,1-2H3. The van der Waals surface area contributed by atoms with Crippen molar-refractivity contribution in [1.29, 1.82) is 0 Å². The van der Waals surface area contributed by atoms with Gasteiger partial charge in [0.15, 0.2) is 0 Å². The Balaban J connectivity index is 1.53. The molecule has 0 aromatic carbocycles. The molecule has 8 heteroatoms.